The van der Waals surface area contributed by atoms with E-state index in [4.69, 9.17) is 0 Å². The average Bonchev–Trinajstić information content (AvgIpc) is 2.87. The zero-order valence-corrected chi connectivity index (χ0v) is 12.8. The van der Waals surface area contributed by atoms with Crippen LogP contribution in [0, 0.1) is 12.8 Å². The molecule has 1 heterocycles. The Labute approximate surface area is 125 Å². The van der Waals surface area contributed by atoms with Crippen LogP contribution in [-0.4, -0.2) is 30.9 Å². The smallest absolute Gasteiger partial charge is 0.251 e. The lowest BCUT2D eigenvalue weighted by Gasteiger charge is -2.17. The molecule has 1 aromatic rings. The molecule has 5 heteroatoms. The van der Waals surface area contributed by atoms with Crippen LogP contribution in [-0.2, 0) is 4.79 Å². The van der Waals surface area contributed by atoms with Crippen molar-refractivity contribution >= 4 is 17.5 Å². The maximum Gasteiger partial charge on any atom is 0.251 e. The molecule has 2 rings (SSSR count). The SMILES string of the molecule is CCNC(=O)c1ccc(C)c(NC(=O)C2NCCC2C)c1. The van der Waals surface area contributed by atoms with Crippen molar-refractivity contribution < 1.29 is 9.59 Å². The predicted molar refractivity (Wildman–Crippen MR) is 83.4 cm³/mol. The standard InChI is InChI=1S/C16H23N3O2/c1-4-17-15(20)12-6-5-10(2)13(9-12)19-16(21)14-11(3)7-8-18-14/h5-6,9,11,14,18H,4,7-8H2,1-3H3,(H,17,20)(H,19,21). The summed E-state index contributed by atoms with van der Waals surface area (Å²) < 4.78 is 0. The van der Waals surface area contributed by atoms with E-state index in [0.29, 0.717) is 23.7 Å². The molecule has 1 aliphatic heterocycles. The van der Waals surface area contributed by atoms with Crippen LogP contribution in [0.4, 0.5) is 5.69 Å². The lowest BCUT2D eigenvalue weighted by Crippen LogP contribution is -2.39. The van der Waals surface area contributed by atoms with E-state index >= 15 is 0 Å². The first-order valence-electron chi connectivity index (χ1n) is 7.46. The summed E-state index contributed by atoms with van der Waals surface area (Å²) in [5.74, 6) is 0.174. The highest BCUT2D eigenvalue weighted by Crippen LogP contribution is 2.20. The van der Waals surface area contributed by atoms with Gasteiger partial charge in [-0.2, -0.15) is 0 Å². The number of aryl methyl sites for hydroxylation is 1. The lowest BCUT2D eigenvalue weighted by molar-refractivity contribution is -0.118. The number of amides is 2. The molecule has 2 unspecified atom stereocenters. The zero-order chi connectivity index (χ0) is 15.4. The van der Waals surface area contributed by atoms with Crippen molar-refractivity contribution in [2.75, 3.05) is 18.4 Å². The molecule has 2 atom stereocenters. The monoisotopic (exact) mass is 289 g/mol. The van der Waals surface area contributed by atoms with Gasteiger partial charge in [0.1, 0.15) is 0 Å². The third-order valence-electron chi connectivity index (χ3n) is 3.91. The van der Waals surface area contributed by atoms with Crippen molar-refractivity contribution in [3.05, 3.63) is 29.3 Å². The number of hydrogen-bond donors (Lipinski definition) is 3. The Hall–Kier alpha value is -1.88. The normalized spacial score (nSPS) is 21.1. The number of benzene rings is 1. The highest BCUT2D eigenvalue weighted by Gasteiger charge is 2.29. The Kier molecular flexibility index (Phi) is 4.96. The topological polar surface area (TPSA) is 70.2 Å². The Morgan fingerprint density at radius 1 is 1.38 bits per heavy atom. The number of rotatable bonds is 4. The molecule has 1 aromatic carbocycles. The van der Waals surface area contributed by atoms with Gasteiger partial charge >= 0.3 is 0 Å². The van der Waals surface area contributed by atoms with Crippen molar-refractivity contribution in [1.29, 1.82) is 0 Å². The zero-order valence-electron chi connectivity index (χ0n) is 12.8. The molecular weight excluding hydrogens is 266 g/mol. The van der Waals surface area contributed by atoms with Gasteiger partial charge in [-0.05, 0) is 50.4 Å². The molecule has 21 heavy (non-hydrogen) atoms. The number of nitrogens with one attached hydrogen (secondary N) is 3. The summed E-state index contributed by atoms with van der Waals surface area (Å²) in [7, 11) is 0. The average molecular weight is 289 g/mol. The van der Waals surface area contributed by atoms with Crippen LogP contribution >= 0.6 is 0 Å². The van der Waals surface area contributed by atoms with E-state index in [2.05, 4.69) is 22.9 Å². The number of hydrogen-bond acceptors (Lipinski definition) is 3. The van der Waals surface area contributed by atoms with E-state index in [1.807, 2.05) is 19.9 Å². The summed E-state index contributed by atoms with van der Waals surface area (Å²) >= 11 is 0. The lowest BCUT2D eigenvalue weighted by atomic mass is 10.0. The van der Waals surface area contributed by atoms with Crippen LogP contribution in [0.5, 0.6) is 0 Å². The molecule has 5 nitrogen and oxygen atoms in total. The van der Waals surface area contributed by atoms with Gasteiger partial charge in [-0.3, -0.25) is 9.59 Å². The van der Waals surface area contributed by atoms with Gasteiger partial charge in [0.15, 0.2) is 0 Å². The van der Waals surface area contributed by atoms with E-state index in [9.17, 15) is 9.59 Å². The molecule has 1 fully saturated rings. The van der Waals surface area contributed by atoms with Gasteiger partial charge in [-0.1, -0.05) is 13.0 Å². The van der Waals surface area contributed by atoms with Gasteiger partial charge in [-0.25, -0.2) is 0 Å². The minimum atomic E-state index is -0.155. The highest BCUT2D eigenvalue weighted by molar-refractivity contribution is 5.99. The van der Waals surface area contributed by atoms with Gasteiger partial charge in [-0.15, -0.1) is 0 Å². The summed E-state index contributed by atoms with van der Waals surface area (Å²) in [5.41, 5.74) is 2.21. The predicted octanol–water partition coefficient (Wildman–Crippen LogP) is 1.68. The number of anilines is 1. The first-order chi connectivity index (χ1) is 10.0. The molecule has 1 aliphatic rings. The maximum absolute atomic E-state index is 12.3. The molecule has 3 N–H and O–H groups in total. The third-order valence-corrected chi connectivity index (χ3v) is 3.91. The summed E-state index contributed by atoms with van der Waals surface area (Å²) in [5, 5.41) is 8.91. The van der Waals surface area contributed by atoms with E-state index in [1.165, 1.54) is 0 Å². The fourth-order valence-corrected chi connectivity index (χ4v) is 2.56. The van der Waals surface area contributed by atoms with E-state index in [-0.39, 0.29) is 17.9 Å². The van der Waals surface area contributed by atoms with Gasteiger partial charge in [0.25, 0.3) is 5.91 Å². The van der Waals surface area contributed by atoms with Crippen molar-refractivity contribution in [3.8, 4) is 0 Å². The summed E-state index contributed by atoms with van der Waals surface area (Å²) in [6, 6.07) is 5.20. The van der Waals surface area contributed by atoms with Gasteiger partial charge in [0.2, 0.25) is 5.91 Å². The third kappa shape index (κ3) is 3.61. The molecule has 0 radical (unpaired) electrons. The van der Waals surface area contributed by atoms with Crippen LogP contribution in [0.3, 0.4) is 0 Å². The molecule has 2 amide bonds. The van der Waals surface area contributed by atoms with Gasteiger partial charge in [0.05, 0.1) is 6.04 Å². The number of carbonyl (C=O) groups excluding carboxylic acids is 2. The Morgan fingerprint density at radius 2 is 2.14 bits per heavy atom. The molecule has 0 aliphatic carbocycles. The largest absolute Gasteiger partial charge is 0.352 e. The molecule has 114 valence electrons. The first kappa shape index (κ1) is 15.5. The van der Waals surface area contributed by atoms with Gasteiger partial charge < -0.3 is 16.0 Å². The molecule has 0 bridgehead atoms. The van der Waals surface area contributed by atoms with Gasteiger partial charge in [0, 0.05) is 17.8 Å². The molecule has 0 saturated carbocycles. The van der Waals surface area contributed by atoms with Crippen LogP contribution in [0.25, 0.3) is 0 Å². The number of carbonyl (C=O) groups is 2. The van der Waals surface area contributed by atoms with E-state index in [0.717, 1.165) is 18.5 Å². The highest BCUT2D eigenvalue weighted by atomic mass is 16.2. The van der Waals surface area contributed by atoms with Crippen molar-refractivity contribution in [2.45, 2.75) is 33.2 Å². The second-order valence-electron chi connectivity index (χ2n) is 5.58. The molecule has 0 aromatic heterocycles. The summed E-state index contributed by atoms with van der Waals surface area (Å²) in [6.45, 7) is 7.32. The van der Waals surface area contributed by atoms with Crippen LogP contribution in [0.2, 0.25) is 0 Å². The summed E-state index contributed by atoms with van der Waals surface area (Å²) in [6.07, 6.45) is 1.01. The Bertz CT molecular complexity index is 542. The fraction of sp³-hybridized carbons (Fsp3) is 0.500. The maximum atomic E-state index is 12.3. The quantitative estimate of drug-likeness (QED) is 0.790. The molecule has 1 saturated heterocycles. The van der Waals surface area contributed by atoms with Crippen molar-refractivity contribution in [3.63, 3.8) is 0 Å². The van der Waals surface area contributed by atoms with Crippen LogP contribution in [0.1, 0.15) is 36.2 Å². The Morgan fingerprint density at radius 3 is 2.76 bits per heavy atom. The molecule has 0 spiro atoms. The van der Waals surface area contributed by atoms with E-state index < -0.39 is 0 Å². The van der Waals surface area contributed by atoms with E-state index in [1.54, 1.807) is 12.1 Å². The summed E-state index contributed by atoms with van der Waals surface area (Å²) in [4.78, 5) is 24.2. The Balaban J connectivity index is 2.13. The van der Waals surface area contributed by atoms with Crippen molar-refractivity contribution in [1.82, 2.24) is 10.6 Å². The van der Waals surface area contributed by atoms with Crippen LogP contribution < -0.4 is 16.0 Å². The first-order valence-corrected chi connectivity index (χ1v) is 7.46. The fourth-order valence-electron chi connectivity index (χ4n) is 2.56. The minimum absolute atomic E-state index is 0.0313. The second kappa shape index (κ2) is 6.72. The molecular formula is C16H23N3O2. The van der Waals surface area contributed by atoms with Crippen LogP contribution in [0.15, 0.2) is 18.2 Å². The van der Waals surface area contributed by atoms with Crippen molar-refractivity contribution in [2.24, 2.45) is 5.92 Å². The minimum Gasteiger partial charge on any atom is -0.352 e. The second-order valence-corrected chi connectivity index (χ2v) is 5.58.